The average molecular weight is 422 g/mol. The lowest BCUT2D eigenvalue weighted by Gasteiger charge is -2.25. The van der Waals surface area contributed by atoms with Gasteiger partial charge in [0.1, 0.15) is 23.8 Å². The van der Waals surface area contributed by atoms with Crippen LogP contribution < -0.4 is 24.4 Å². The maximum atomic E-state index is 13.4. The second-order valence-corrected chi connectivity index (χ2v) is 7.27. The molecule has 0 saturated heterocycles. The molecule has 3 aromatic carbocycles. The van der Waals surface area contributed by atoms with E-state index < -0.39 is 6.04 Å². The molecule has 0 heterocycles. The topological polar surface area (TPSA) is 61.2 Å². The summed E-state index contributed by atoms with van der Waals surface area (Å²) in [4.78, 5) is 14.4. The van der Waals surface area contributed by atoms with Crippen LogP contribution in [0, 0.1) is 0 Å². The summed E-state index contributed by atoms with van der Waals surface area (Å²) in [6.07, 6.45) is 0. The molecule has 1 unspecified atom stereocenters. The average Bonchev–Trinajstić information content (AvgIpc) is 2.80. The summed E-state index contributed by atoms with van der Waals surface area (Å²) in [5.41, 5.74) is 2.63. The number of hydrogen-bond donors (Lipinski definition) is 2. The molecule has 3 rings (SSSR count). The molecule has 0 fully saturated rings. The minimum atomic E-state index is -0.417. The zero-order valence-electron chi connectivity index (χ0n) is 18.3. The van der Waals surface area contributed by atoms with E-state index in [-0.39, 0.29) is 5.91 Å². The fraction of sp³-hybridized carbons (Fsp3) is 0.240. The Hall–Kier alpha value is -3.51. The number of nitrogens with one attached hydrogen (secondary N) is 2. The van der Waals surface area contributed by atoms with Crippen LogP contribution in [0.4, 0.5) is 5.69 Å². The van der Waals surface area contributed by atoms with Crippen LogP contribution in [0.2, 0.25) is 0 Å². The normalized spacial score (nSPS) is 12.5. The van der Waals surface area contributed by atoms with Gasteiger partial charge in [0.25, 0.3) is 5.91 Å². The highest BCUT2D eigenvalue weighted by Crippen LogP contribution is 2.24. The fourth-order valence-corrected chi connectivity index (χ4v) is 3.62. The molecule has 1 amide bonds. The molecule has 31 heavy (non-hydrogen) atoms. The number of carbonyl (C=O) groups excluding carboxylic acids is 1. The number of hydrogen-bond acceptors (Lipinski definition) is 4. The minimum absolute atomic E-state index is 0.0931. The third kappa shape index (κ3) is 5.55. The van der Waals surface area contributed by atoms with Gasteiger partial charge in [-0.05, 0) is 24.3 Å². The summed E-state index contributed by atoms with van der Waals surface area (Å²) in [6.45, 7) is 0.595. The number of ether oxygens (including phenoxy) is 3. The van der Waals surface area contributed by atoms with Crippen molar-refractivity contribution < 1.29 is 23.9 Å². The molecule has 162 valence electrons. The molecule has 0 spiro atoms. The zero-order valence-corrected chi connectivity index (χ0v) is 18.3. The van der Waals surface area contributed by atoms with Crippen molar-refractivity contribution in [1.82, 2.24) is 0 Å². The summed E-state index contributed by atoms with van der Waals surface area (Å²) in [6, 6.07) is 22.5. The first kappa shape index (κ1) is 22.2. The summed E-state index contributed by atoms with van der Waals surface area (Å²) < 4.78 is 16.1. The second-order valence-electron chi connectivity index (χ2n) is 7.27. The first-order valence-electron chi connectivity index (χ1n) is 10.1. The molecule has 2 atom stereocenters. The van der Waals surface area contributed by atoms with E-state index in [9.17, 15) is 4.79 Å². The van der Waals surface area contributed by atoms with Crippen molar-refractivity contribution in [2.45, 2.75) is 12.6 Å². The third-order valence-electron chi connectivity index (χ3n) is 5.19. The van der Waals surface area contributed by atoms with Crippen molar-refractivity contribution in [3.63, 3.8) is 0 Å². The number of rotatable bonds is 9. The van der Waals surface area contributed by atoms with E-state index in [0.717, 1.165) is 27.5 Å². The van der Waals surface area contributed by atoms with Crippen LogP contribution in [0.5, 0.6) is 17.2 Å². The van der Waals surface area contributed by atoms with E-state index in [1.54, 1.807) is 21.3 Å². The summed E-state index contributed by atoms with van der Waals surface area (Å²) in [7, 11) is 6.87. The Balaban J connectivity index is 1.87. The van der Waals surface area contributed by atoms with Crippen LogP contribution >= 0.6 is 0 Å². The van der Waals surface area contributed by atoms with Gasteiger partial charge in [0.2, 0.25) is 0 Å². The van der Waals surface area contributed by atoms with Gasteiger partial charge in [-0.25, -0.2) is 0 Å². The number of carbonyl (C=O) groups is 1. The van der Waals surface area contributed by atoms with Crippen LogP contribution in [0.15, 0.2) is 72.8 Å². The molecule has 0 aliphatic carbocycles. The van der Waals surface area contributed by atoms with E-state index in [2.05, 4.69) is 5.32 Å². The van der Waals surface area contributed by atoms with Crippen LogP contribution in [0.3, 0.4) is 0 Å². The molecule has 0 radical (unpaired) electrons. The molecule has 0 aromatic heterocycles. The van der Waals surface area contributed by atoms with Crippen LogP contribution in [0.25, 0.3) is 0 Å². The van der Waals surface area contributed by atoms with Gasteiger partial charge in [-0.1, -0.05) is 36.4 Å². The van der Waals surface area contributed by atoms with Crippen molar-refractivity contribution in [2.75, 3.05) is 33.7 Å². The van der Waals surface area contributed by atoms with E-state index in [1.807, 2.05) is 79.8 Å². The predicted molar refractivity (Wildman–Crippen MR) is 121 cm³/mol. The van der Waals surface area contributed by atoms with Gasteiger partial charge in [-0.2, -0.15) is 0 Å². The Bertz CT molecular complexity index is 1010. The van der Waals surface area contributed by atoms with Gasteiger partial charge < -0.3 is 24.4 Å². The van der Waals surface area contributed by atoms with Crippen molar-refractivity contribution in [1.29, 1.82) is 0 Å². The molecule has 0 bridgehead atoms. The maximum Gasteiger partial charge on any atom is 0.287 e. The largest absolute Gasteiger partial charge is 0.497 e. The van der Waals surface area contributed by atoms with Crippen LogP contribution in [-0.2, 0) is 11.3 Å². The highest BCUT2D eigenvalue weighted by molar-refractivity contribution is 5.94. The quantitative estimate of drug-likeness (QED) is 0.557. The summed E-state index contributed by atoms with van der Waals surface area (Å²) in [5, 5.41) is 3.04. The smallest absolute Gasteiger partial charge is 0.287 e. The first-order chi connectivity index (χ1) is 15.0. The minimum Gasteiger partial charge on any atom is -0.497 e. The number of methoxy groups -OCH3 is 3. The number of likely N-dealkylation sites (N-methyl/N-ethyl adjacent to an activating group) is 1. The first-order valence-corrected chi connectivity index (χ1v) is 10.1. The lowest BCUT2D eigenvalue weighted by molar-refractivity contribution is -0.915. The van der Waals surface area contributed by atoms with Gasteiger partial charge in [-0.3, -0.25) is 4.79 Å². The van der Waals surface area contributed by atoms with E-state index >= 15 is 0 Å². The molecular formula is C25H29N2O4+. The third-order valence-corrected chi connectivity index (χ3v) is 5.19. The van der Waals surface area contributed by atoms with E-state index in [4.69, 9.17) is 14.2 Å². The number of quaternary nitrogens is 1. The number of anilines is 1. The lowest BCUT2D eigenvalue weighted by Crippen LogP contribution is -3.09. The zero-order chi connectivity index (χ0) is 22.2. The van der Waals surface area contributed by atoms with E-state index in [1.165, 1.54) is 0 Å². The molecule has 6 nitrogen and oxygen atoms in total. The van der Waals surface area contributed by atoms with Crippen molar-refractivity contribution in [2.24, 2.45) is 0 Å². The highest BCUT2D eigenvalue weighted by atomic mass is 16.5. The second kappa shape index (κ2) is 10.5. The molecule has 0 saturated carbocycles. The van der Waals surface area contributed by atoms with Gasteiger partial charge >= 0.3 is 0 Å². The standard InChI is InChI=1S/C25H28N2O4/c1-27(17-19-13-14-22(30-3)16-23(19)31-4)24(18-9-6-5-7-10-18)25(28)26-20-11-8-12-21(15-20)29-2/h5-16,24H,17H2,1-4H3,(H,26,28)/p+1/t24-/m0/s1. The molecular weight excluding hydrogens is 392 g/mol. The monoisotopic (exact) mass is 421 g/mol. The molecule has 0 aliphatic heterocycles. The highest BCUT2D eigenvalue weighted by Gasteiger charge is 2.30. The Morgan fingerprint density at radius 2 is 1.58 bits per heavy atom. The fourth-order valence-electron chi connectivity index (χ4n) is 3.62. The summed E-state index contributed by atoms with van der Waals surface area (Å²) >= 11 is 0. The molecule has 6 heteroatoms. The lowest BCUT2D eigenvalue weighted by atomic mass is 10.0. The SMILES string of the molecule is COc1cccc(NC(=O)[C@H](c2ccccc2)[NH+](C)Cc2ccc(OC)cc2OC)c1. The van der Waals surface area contributed by atoms with Crippen molar-refractivity contribution >= 4 is 11.6 Å². The van der Waals surface area contributed by atoms with Crippen molar-refractivity contribution in [3.05, 3.63) is 83.9 Å². The van der Waals surface area contributed by atoms with Gasteiger partial charge in [-0.15, -0.1) is 0 Å². The molecule has 0 aliphatic rings. The number of benzene rings is 3. The molecule has 3 aromatic rings. The Morgan fingerprint density at radius 3 is 2.26 bits per heavy atom. The van der Waals surface area contributed by atoms with Gasteiger partial charge in [0.05, 0.1) is 28.4 Å². The number of amides is 1. The molecule has 2 N–H and O–H groups in total. The van der Waals surface area contributed by atoms with Crippen LogP contribution in [0.1, 0.15) is 17.2 Å². The maximum absolute atomic E-state index is 13.4. The Kier molecular flexibility index (Phi) is 7.51. The van der Waals surface area contributed by atoms with E-state index in [0.29, 0.717) is 18.0 Å². The Labute approximate surface area is 183 Å². The summed E-state index contributed by atoms with van der Waals surface area (Å²) in [5.74, 6) is 2.06. The van der Waals surface area contributed by atoms with Crippen LogP contribution in [-0.4, -0.2) is 34.3 Å². The Morgan fingerprint density at radius 1 is 0.871 bits per heavy atom. The predicted octanol–water partition coefficient (Wildman–Crippen LogP) is 3.11. The van der Waals surface area contributed by atoms with Gasteiger partial charge in [0.15, 0.2) is 6.04 Å². The van der Waals surface area contributed by atoms with Crippen molar-refractivity contribution in [3.8, 4) is 17.2 Å². The van der Waals surface area contributed by atoms with Gasteiger partial charge in [0, 0.05) is 28.9 Å².